The molecule has 1 aliphatic carbocycles. The number of hydrogen-bond acceptors (Lipinski definition) is 6. The Kier molecular flexibility index (Phi) is 5.64. The third-order valence-electron chi connectivity index (χ3n) is 6.43. The average molecular weight is 508 g/mol. The number of carbonyl (C=O) groups is 1. The van der Waals surface area contributed by atoms with Crippen LogP contribution in [0.15, 0.2) is 42.6 Å². The summed E-state index contributed by atoms with van der Waals surface area (Å²) in [4.78, 5) is 25.6. The number of rotatable bonds is 7. The minimum atomic E-state index is -0.623. The van der Waals surface area contributed by atoms with Crippen LogP contribution in [0.1, 0.15) is 34.8 Å². The highest BCUT2D eigenvalue weighted by molar-refractivity contribution is 6.32. The number of nitrogens with zero attached hydrogens (tertiary/aromatic N) is 2. The number of halogens is 2. The van der Waals surface area contributed by atoms with Crippen LogP contribution in [0.3, 0.4) is 0 Å². The maximum Gasteiger partial charge on any atom is 0.255 e. The summed E-state index contributed by atoms with van der Waals surface area (Å²) in [6.45, 7) is -0.418. The summed E-state index contributed by atoms with van der Waals surface area (Å²) in [5.74, 6) is 0.130. The number of amides is 1. The molecular weight excluding hydrogens is 485 g/mol. The molecule has 10 heteroatoms. The van der Waals surface area contributed by atoms with Gasteiger partial charge in [-0.3, -0.25) is 14.2 Å². The van der Waals surface area contributed by atoms with E-state index in [0.29, 0.717) is 61.6 Å². The van der Waals surface area contributed by atoms with Gasteiger partial charge in [0.15, 0.2) is 5.75 Å². The summed E-state index contributed by atoms with van der Waals surface area (Å²) in [7, 11) is 1.52. The Bertz CT molecular complexity index is 1490. The average Bonchev–Trinajstić information content (AvgIpc) is 3.62. The molecule has 0 radical (unpaired) electrons. The summed E-state index contributed by atoms with van der Waals surface area (Å²) >= 11 is 6.35. The zero-order valence-corrected chi connectivity index (χ0v) is 20.2. The van der Waals surface area contributed by atoms with E-state index in [1.165, 1.54) is 7.11 Å². The molecule has 1 aliphatic heterocycles. The zero-order valence-electron chi connectivity index (χ0n) is 19.4. The highest BCUT2D eigenvalue weighted by Gasteiger charge is 2.34. The standard InChI is InChI=1S/C26H23ClFN5O3/c1-35-25-16(27)3-2-4-18(25)31-24-20-21(13(11-28)12-30-26(20)34)33-23(24)15-9-10-29-17-7-8-19(32-22(15)17)36-14-5-6-14/h2-4,7-10,13-14,31,33H,5-6,11-12H2,1H3,(H,30,34). The van der Waals surface area contributed by atoms with E-state index in [2.05, 4.69) is 20.6 Å². The first-order valence-electron chi connectivity index (χ1n) is 11.7. The summed E-state index contributed by atoms with van der Waals surface area (Å²) in [6, 6.07) is 10.8. The highest BCUT2D eigenvalue weighted by Crippen LogP contribution is 2.44. The van der Waals surface area contributed by atoms with Crippen LogP contribution >= 0.6 is 11.6 Å². The number of hydrogen-bond donors (Lipinski definition) is 3. The number of ether oxygens (including phenoxy) is 2. The number of nitrogens with one attached hydrogen (secondary N) is 3. The summed E-state index contributed by atoms with van der Waals surface area (Å²) < 4.78 is 25.4. The number of methoxy groups -OCH3 is 1. The maximum absolute atomic E-state index is 14.0. The van der Waals surface area contributed by atoms with Gasteiger partial charge in [0.1, 0.15) is 11.6 Å². The Labute approximate surface area is 211 Å². The van der Waals surface area contributed by atoms with E-state index in [1.54, 1.807) is 30.5 Å². The van der Waals surface area contributed by atoms with Gasteiger partial charge in [0, 0.05) is 36.0 Å². The molecule has 4 aromatic rings. The van der Waals surface area contributed by atoms with Crippen molar-refractivity contribution in [2.75, 3.05) is 25.6 Å². The molecule has 3 aromatic heterocycles. The second-order valence-corrected chi connectivity index (χ2v) is 9.27. The van der Waals surface area contributed by atoms with E-state index < -0.39 is 12.6 Å². The van der Waals surface area contributed by atoms with Crippen molar-refractivity contribution in [2.45, 2.75) is 24.9 Å². The van der Waals surface area contributed by atoms with Crippen molar-refractivity contribution < 1.29 is 18.7 Å². The molecule has 1 atom stereocenters. The van der Waals surface area contributed by atoms with Crippen LogP contribution in [0.2, 0.25) is 5.02 Å². The van der Waals surface area contributed by atoms with Gasteiger partial charge in [0.05, 0.1) is 47.0 Å². The van der Waals surface area contributed by atoms with Gasteiger partial charge in [-0.2, -0.15) is 0 Å². The lowest BCUT2D eigenvalue weighted by Gasteiger charge is -2.21. The molecule has 1 fully saturated rings. The first-order valence-corrected chi connectivity index (χ1v) is 12.1. The number of para-hydroxylation sites is 1. The lowest BCUT2D eigenvalue weighted by Crippen LogP contribution is -2.35. The molecule has 0 saturated heterocycles. The maximum atomic E-state index is 14.0. The molecule has 3 N–H and O–H groups in total. The van der Waals surface area contributed by atoms with Gasteiger partial charge in [-0.1, -0.05) is 17.7 Å². The van der Waals surface area contributed by atoms with Gasteiger partial charge in [-0.05, 0) is 37.1 Å². The van der Waals surface area contributed by atoms with Gasteiger partial charge in [-0.25, -0.2) is 4.98 Å². The monoisotopic (exact) mass is 507 g/mol. The second-order valence-electron chi connectivity index (χ2n) is 8.86. The van der Waals surface area contributed by atoms with Crippen LogP contribution in [-0.4, -0.2) is 47.3 Å². The molecule has 1 amide bonds. The van der Waals surface area contributed by atoms with Crippen LogP contribution < -0.4 is 20.1 Å². The fraction of sp³-hybridized carbons (Fsp3) is 0.269. The number of H-pyrrole nitrogens is 1. The number of aromatic amines is 1. The van der Waals surface area contributed by atoms with Crippen LogP contribution in [-0.2, 0) is 0 Å². The van der Waals surface area contributed by atoms with E-state index in [-0.39, 0.29) is 18.6 Å². The van der Waals surface area contributed by atoms with Crippen molar-refractivity contribution in [3.8, 4) is 22.9 Å². The Morgan fingerprint density at radius 2 is 2.08 bits per heavy atom. The summed E-state index contributed by atoms with van der Waals surface area (Å²) in [6.07, 6.45) is 3.89. The molecule has 8 nitrogen and oxygen atoms in total. The van der Waals surface area contributed by atoms with E-state index in [0.717, 1.165) is 12.8 Å². The number of pyridine rings is 2. The van der Waals surface area contributed by atoms with Gasteiger partial charge in [0.25, 0.3) is 5.91 Å². The lowest BCUT2D eigenvalue weighted by atomic mass is 9.97. The van der Waals surface area contributed by atoms with Crippen LogP contribution in [0.5, 0.6) is 11.6 Å². The molecule has 184 valence electrons. The molecule has 1 unspecified atom stereocenters. The highest BCUT2D eigenvalue weighted by atomic mass is 35.5. The first-order chi connectivity index (χ1) is 17.6. The molecule has 1 saturated carbocycles. The predicted octanol–water partition coefficient (Wildman–Crippen LogP) is 5.37. The molecule has 6 rings (SSSR count). The third kappa shape index (κ3) is 3.89. The van der Waals surface area contributed by atoms with Crippen molar-refractivity contribution >= 4 is 39.9 Å². The molecule has 0 bridgehead atoms. The molecule has 2 aliphatic rings. The van der Waals surface area contributed by atoms with E-state index >= 15 is 0 Å². The fourth-order valence-corrected chi connectivity index (χ4v) is 4.76. The second kappa shape index (κ2) is 8.98. The van der Waals surface area contributed by atoms with Crippen LogP contribution in [0.25, 0.3) is 22.3 Å². The Balaban J connectivity index is 1.57. The van der Waals surface area contributed by atoms with E-state index in [4.69, 9.17) is 26.1 Å². The van der Waals surface area contributed by atoms with Crippen LogP contribution in [0.4, 0.5) is 15.8 Å². The topological polar surface area (TPSA) is 101 Å². The Morgan fingerprint density at radius 1 is 1.22 bits per heavy atom. The van der Waals surface area contributed by atoms with Gasteiger partial charge in [-0.15, -0.1) is 0 Å². The van der Waals surface area contributed by atoms with Crippen molar-refractivity contribution in [3.63, 3.8) is 0 Å². The number of anilines is 2. The summed E-state index contributed by atoms with van der Waals surface area (Å²) in [5.41, 5.74) is 4.46. The van der Waals surface area contributed by atoms with E-state index in [1.807, 2.05) is 12.1 Å². The molecular formula is C26H23ClFN5O3. The third-order valence-corrected chi connectivity index (χ3v) is 6.73. The largest absolute Gasteiger partial charge is 0.493 e. The van der Waals surface area contributed by atoms with Crippen molar-refractivity contribution in [2.24, 2.45) is 0 Å². The van der Waals surface area contributed by atoms with E-state index in [9.17, 15) is 9.18 Å². The molecule has 0 spiro atoms. The molecule has 4 heterocycles. The molecule has 36 heavy (non-hydrogen) atoms. The van der Waals surface area contributed by atoms with Crippen LogP contribution in [0, 0.1) is 0 Å². The van der Waals surface area contributed by atoms with Gasteiger partial charge >= 0.3 is 0 Å². The van der Waals surface area contributed by atoms with Crippen molar-refractivity contribution in [1.29, 1.82) is 0 Å². The van der Waals surface area contributed by atoms with Crippen molar-refractivity contribution in [1.82, 2.24) is 20.3 Å². The van der Waals surface area contributed by atoms with Crippen molar-refractivity contribution in [3.05, 3.63) is 58.9 Å². The SMILES string of the molecule is COc1c(Cl)cccc1Nc1c(-c2ccnc3ccc(OC4CC4)nc23)[nH]c2c1C(=O)NCC2CF. The van der Waals surface area contributed by atoms with Gasteiger partial charge < -0.3 is 25.1 Å². The normalized spacial score (nSPS) is 17.0. The number of aromatic nitrogens is 3. The Hall–Kier alpha value is -3.85. The minimum Gasteiger partial charge on any atom is -0.493 e. The quantitative estimate of drug-likeness (QED) is 0.311. The number of alkyl halides is 1. The molecule has 1 aromatic carbocycles. The zero-order chi connectivity index (χ0) is 24.8. The number of carbonyl (C=O) groups excluding carboxylic acids is 1. The number of fused-ring (bicyclic) bond motifs is 2. The summed E-state index contributed by atoms with van der Waals surface area (Å²) in [5, 5.41) is 6.55. The predicted molar refractivity (Wildman–Crippen MR) is 135 cm³/mol. The fourth-order valence-electron chi connectivity index (χ4n) is 4.51. The first kappa shape index (κ1) is 22.6. The Morgan fingerprint density at radius 3 is 2.86 bits per heavy atom. The minimum absolute atomic E-state index is 0.189. The van der Waals surface area contributed by atoms with Gasteiger partial charge in [0.2, 0.25) is 5.88 Å². The lowest BCUT2D eigenvalue weighted by molar-refractivity contribution is 0.0938. The smallest absolute Gasteiger partial charge is 0.255 e. The number of benzene rings is 1.